The van der Waals surface area contributed by atoms with Gasteiger partial charge in [0.15, 0.2) is 0 Å². The summed E-state index contributed by atoms with van der Waals surface area (Å²) in [5.74, 6) is 0.0758. The number of nitriles is 1. The summed E-state index contributed by atoms with van der Waals surface area (Å²) in [6.45, 7) is 1.24. The van der Waals surface area contributed by atoms with Crippen molar-refractivity contribution in [3.63, 3.8) is 0 Å². The molecule has 2 rings (SSSR count). The van der Waals surface area contributed by atoms with Gasteiger partial charge in [-0.25, -0.2) is 8.42 Å². The molecule has 0 aliphatic heterocycles. The standard InChI is InChI=1S/C14H16FN3O2S/c1-11-12(10-16)14(18-8-4-2-6-13(11)18)17-21(19,20)9-5-3-7-15/h2,4,6,8,17H,3,5,7,9H2,1H3. The molecule has 2 aromatic rings. The van der Waals surface area contributed by atoms with Crippen molar-refractivity contribution in [2.75, 3.05) is 17.1 Å². The Labute approximate surface area is 123 Å². The Morgan fingerprint density at radius 1 is 1.38 bits per heavy atom. The average Bonchev–Trinajstić information content (AvgIpc) is 2.71. The average molecular weight is 309 g/mol. The van der Waals surface area contributed by atoms with Gasteiger partial charge in [0.05, 0.1) is 23.5 Å². The maximum Gasteiger partial charge on any atom is 0.233 e. The number of hydrogen-bond donors (Lipinski definition) is 1. The first-order valence-electron chi connectivity index (χ1n) is 6.56. The Morgan fingerprint density at radius 2 is 2.14 bits per heavy atom. The number of aromatic nitrogens is 1. The normalized spacial score (nSPS) is 11.5. The SMILES string of the molecule is Cc1c(C#N)c(NS(=O)(=O)CCCCF)n2ccccc12. The molecule has 21 heavy (non-hydrogen) atoms. The molecule has 0 saturated carbocycles. The van der Waals surface area contributed by atoms with Crippen molar-refractivity contribution < 1.29 is 12.8 Å². The van der Waals surface area contributed by atoms with E-state index < -0.39 is 16.7 Å². The zero-order chi connectivity index (χ0) is 15.5. The van der Waals surface area contributed by atoms with Gasteiger partial charge in [-0.15, -0.1) is 0 Å². The summed E-state index contributed by atoms with van der Waals surface area (Å²) in [4.78, 5) is 0. The number of nitrogens with one attached hydrogen (secondary N) is 1. The summed E-state index contributed by atoms with van der Waals surface area (Å²) >= 11 is 0. The van der Waals surface area contributed by atoms with Crippen LogP contribution in [0.15, 0.2) is 24.4 Å². The molecule has 0 fully saturated rings. The van der Waals surface area contributed by atoms with E-state index in [2.05, 4.69) is 4.72 Å². The van der Waals surface area contributed by atoms with Crippen LogP contribution in [0.2, 0.25) is 0 Å². The minimum Gasteiger partial charge on any atom is -0.301 e. The van der Waals surface area contributed by atoms with Crippen molar-refractivity contribution >= 4 is 21.4 Å². The van der Waals surface area contributed by atoms with Crippen LogP contribution in [-0.2, 0) is 10.0 Å². The number of aryl methyl sites for hydroxylation is 1. The zero-order valence-corrected chi connectivity index (χ0v) is 12.5. The third-order valence-corrected chi connectivity index (χ3v) is 4.59. The van der Waals surface area contributed by atoms with Crippen molar-refractivity contribution in [2.45, 2.75) is 19.8 Å². The van der Waals surface area contributed by atoms with Crippen LogP contribution in [0.4, 0.5) is 10.2 Å². The second-order valence-electron chi connectivity index (χ2n) is 4.73. The number of anilines is 1. The lowest BCUT2D eigenvalue weighted by molar-refractivity contribution is 0.468. The van der Waals surface area contributed by atoms with Gasteiger partial charge < -0.3 is 4.40 Å². The van der Waals surface area contributed by atoms with E-state index in [-0.39, 0.29) is 24.4 Å². The summed E-state index contributed by atoms with van der Waals surface area (Å²) in [5.41, 5.74) is 1.80. The van der Waals surface area contributed by atoms with Gasteiger partial charge >= 0.3 is 0 Å². The first-order valence-corrected chi connectivity index (χ1v) is 8.21. The second-order valence-corrected chi connectivity index (χ2v) is 6.58. The van der Waals surface area contributed by atoms with E-state index in [1.165, 1.54) is 0 Å². The topological polar surface area (TPSA) is 74.4 Å². The molecule has 2 heterocycles. The van der Waals surface area contributed by atoms with Crippen LogP contribution in [0.5, 0.6) is 0 Å². The van der Waals surface area contributed by atoms with Gasteiger partial charge in [-0.3, -0.25) is 9.11 Å². The number of hydrogen-bond acceptors (Lipinski definition) is 3. The smallest absolute Gasteiger partial charge is 0.233 e. The Hall–Kier alpha value is -2.07. The summed E-state index contributed by atoms with van der Waals surface area (Å²) in [6.07, 6.45) is 2.15. The molecule has 0 bridgehead atoms. The fourth-order valence-corrected chi connectivity index (χ4v) is 3.37. The molecule has 112 valence electrons. The van der Waals surface area contributed by atoms with E-state index in [0.29, 0.717) is 5.56 Å². The van der Waals surface area contributed by atoms with Crippen molar-refractivity contribution in [1.82, 2.24) is 4.40 Å². The quantitative estimate of drug-likeness (QED) is 0.833. The van der Waals surface area contributed by atoms with Crippen LogP contribution in [0.25, 0.3) is 5.52 Å². The van der Waals surface area contributed by atoms with Gasteiger partial charge in [0, 0.05) is 6.20 Å². The molecular weight excluding hydrogens is 293 g/mol. The lowest BCUT2D eigenvalue weighted by Crippen LogP contribution is -2.18. The largest absolute Gasteiger partial charge is 0.301 e. The second kappa shape index (κ2) is 6.14. The van der Waals surface area contributed by atoms with Gasteiger partial charge in [-0.2, -0.15) is 5.26 Å². The van der Waals surface area contributed by atoms with Crippen molar-refractivity contribution in [1.29, 1.82) is 5.26 Å². The Bertz CT molecular complexity index is 790. The number of rotatable bonds is 6. The van der Waals surface area contributed by atoms with Crippen molar-refractivity contribution in [3.05, 3.63) is 35.5 Å². The fraction of sp³-hybridized carbons (Fsp3) is 0.357. The molecule has 0 spiro atoms. The fourth-order valence-electron chi connectivity index (χ4n) is 2.19. The summed E-state index contributed by atoms with van der Waals surface area (Å²) in [6, 6.07) is 7.43. The highest BCUT2D eigenvalue weighted by Crippen LogP contribution is 2.27. The summed E-state index contributed by atoms with van der Waals surface area (Å²) in [7, 11) is -3.61. The van der Waals surface area contributed by atoms with Gasteiger partial charge in [0.1, 0.15) is 11.9 Å². The molecule has 0 amide bonds. The van der Waals surface area contributed by atoms with Crippen LogP contribution in [0, 0.1) is 18.3 Å². The molecular formula is C14H16FN3O2S. The van der Waals surface area contributed by atoms with Crippen LogP contribution in [0.1, 0.15) is 24.0 Å². The van der Waals surface area contributed by atoms with E-state index >= 15 is 0 Å². The van der Waals surface area contributed by atoms with Crippen LogP contribution in [0.3, 0.4) is 0 Å². The maximum absolute atomic E-state index is 12.1. The lowest BCUT2D eigenvalue weighted by atomic mass is 10.2. The number of nitrogens with zero attached hydrogens (tertiary/aromatic N) is 2. The van der Waals surface area contributed by atoms with E-state index in [9.17, 15) is 18.1 Å². The molecule has 5 nitrogen and oxygen atoms in total. The van der Waals surface area contributed by atoms with Crippen LogP contribution >= 0.6 is 0 Å². The molecule has 0 radical (unpaired) electrons. The number of fused-ring (bicyclic) bond motifs is 1. The zero-order valence-electron chi connectivity index (χ0n) is 11.6. The predicted octanol–water partition coefficient (Wildman–Crippen LogP) is 2.61. The van der Waals surface area contributed by atoms with Gasteiger partial charge in [0.2, 0.25) is 10.0 Å². The van der Waals surface area contributed by atoms with Crippen LogP contribution < -0.4 is 4.72 Å². The molecule has 0 saturated heterocycles. The maximum atomic E-state index is 12.1. The highest BCUT2D eigenvalue weighted by Gasteiger charge is 2.19. The highest BCUT2D eigenvalue weighted by atomic mass is 32.2. The third-order valence-electron chi connectivity index (χ3n) is 3.26. The monoisotopic (exact) mass is 309 g/mol. The third kappa shape index (κ3) is 3.16. The molecule has 0 aromatic carbocycles. The number of pyridine rings is 1. The highest BCUT2D eigenvalue weighted by molar-refractivity contribution is 7.92. The van der Waals surface area contributed by atoms with E-state index in [4.69, 9.17) is 0 Å². The first-order chi connectivity index (χ1) is 10.00. The molecule has 0 atom stereocenters. The molecule has 0 aliphatic carbocycles. The Kier molecular flexibility index (Phi) is 4.48. The van der Waals surface area contributed by atoms with Gasteiger partial charge in [-0.05, 0) is 37.5 Å². The van der Waals surface area contributed by atoms with Crippen molar-refractivity contribution in [3.8, 4) is 6.07 Å². The Morgan fingerprint density at radius 3 is 2.81 bits per heavy atom. The number of halogens is 1. The van der Waals surface area contributed by atoms with E-state index in [1.54, 1.807) is 23.6 Å². The Balaban J connectivity index is 2.41. The number of alkyl halides is 1. The lowest BCUT2D eigenvalue weighted by Gasteiger charge is -2.08. The first kappa shape index (κ1) is 15.3. The van der Waals surface area contributed by atoms with Crippen molar-refractivity contribution in [2.24, 2.45) is 0 Å². The van der Waals surface area contributed by atoms with Gasteiger partial charge in [0.25, 0.3) is 0 Å². The molecule has 0 unspecified atom stereocenters. The van der Waals surface area contributed by atoms with E-state index in [1.807, 2.05) is 18.2 Å². The van der Waals surface area contributed by atoms with E-state index in [0.717, 1.165) is 11.1 Å². The van der Waals surface area contributed by atoms with Crippen LogP contribution in [-0.4, -0.2) is 25.2 Å². The number of sulfonamides is 1. The molecule has 7 heteroatoms. The molecule has 2 aromatic heterocycles. The summed E-state index contributed by atoms with van der Waals surface area (Å²) in [5, 5.41) is 9.26. The molecule has 0 aliphatic rings. The summed E-state index contributed by atoms with van der Waals surface area (Å²) < 4.78 is 40.2. The molecule has 1 N–H and O–H groups in total. The predicted molar refractivity (Wildman–Crippen MR) is 79.5 cm³/mol. The van der Waals surface area contributed by atoms with Gasteiger partial charge in [-0.1, -0.05) is 6.07 Å². The minimum absolute atomic E-state index is 0.166. The minimum atomic E-state index is -3.61. The number of unbranched alkanes of at least 4 members (excludes halogenated alkanes) is 1.